The lowest BCUT2D eigenvalue weighted by molar-refractivity contribution is 0.0364. The van der Waals surface area contributed by atoms with Gasteiger partial charge in [0.1, 0.15) is 11.9 Å². The van der Waals surface area contributed by atoms with Gasteiger partial charge in [-0.05, 0) is 49.2 Å². The van der Waals surface area contributed by atoms with Crippen LogP contribution in [0.15, 0.2) is 42.5 Å². The Hall–Kier alpha value is -2.89. The second kappa shape index (κ2) is 7.34. The fourth-order valence-electron chi connectivity index (χ4n) is 2.75. The monoisotopic (exact) mass is 342 g/mol. The maximum Gasteiger partial charge on any atom is 0.339 e. The van der Waals surface area contributed by atoms with Gasteiger partial charge in [-0.15, -0.1) is 0 Å². The average Bonchev–Trinajstić information content (AvgIpc) is 2.94. The van der Waals surface area contributed by atoms with Crippen molar-refractivity contribution in [1.82, 2.24) is 5.43 Å². The van der Waals surface area contributed by atoms with Gasteiger partial charge in [0.15, 0.2) is 0 Å². The summed E-state index contributed by atoms with van der Waals surface area (Å²) in [6.45, 7) is 2.08. The second-order valence-electron chi connectivity index (χ2n) is 5.92. The molecule has 1 atom stereocenters. The van der Waals surface area contributed by atoms with E-state index in [9.17, 15) is 14.0 Å². The number of cyclic esters (lactones) is 1. The van der Waals surface area contributed by atoms with E-state index in [1.54, 1.807) is 18.2 Å². The number of hydrogen-bond donors (Lipinski definition) is 2. The zero-order valence-electron chi connectivity index (χ0n) is 13.8. The highest BCUT2D eigenvalue weighted by Gasteiger charge is 2.31. The summed E-state index contributed by atoms with van der Waals surface area (Å²) in [4.78, 5) is 24.3. The fourth-order valence-corrected chi connectivity index (χ4v) is 2.75. The smallest absolute Gasteiger partial charge is 0.339 e. The Morgan fingerprint density at radius 1 is 1.20 bits per heavy atom. The summed E-state index contributed by atoms with van der Waals surface area (Å²) in [5.41, 5.74) is 7.40. The standard InChI is InChI=1S/C19H19FN2O3/c1-2-3-4-17-15-10-5-12(11-16(15)19(24)25-17)18(23)22-21-14-8-6-13(20)7-9-14/h5-11,17,21H,2-4H2,1H3,(H,22,23). The maximum absolute atomic E-state index is 12.9. The van der Waals surface area contributed by atoms with Crippen molar-refractivity contribution in [3.63, 3.8) is 0 Å². The van der Waals surface area contributed by atoms with E-state index in [1.807, 2.05) is 0 Å². The number of amides is 1. The van der Waals surface area contributed by atoms with Crippen LogP contribution in [0.3, 0.4) is 0 Å². The lowest BCUT2D eigenvalue weighted by Gasteiger charge is -2.10. The highest BCUT2D eigenvalue weighted by molar-refractivity contribution is 6.00. The van der Waals surface area contributed by atoms with Crippen LogP contribution in [0.2, 0.25) is 0 Å². The van der Waals surface area contributed by atoms with Crippen LogP contribution in [-0.4, -0.2) is 11.9 Å². The minimum absolute atomic E-state index is 0.225. The van der Waals surface area contributed by atoms with E-state index < -0.39 is 11.9 Å². The predicted molar refractivity (Wildman–Crippen MR) is 91.6 cm³/mol. The van der Waals surface area contributed by atoms with Crippen molar-refractivity contribution in [3.8, 4) is 0 Å². The summed E-state index contributed by atoms with van der Waals surface area (Å²) in [7, 11) is 0. The molecule has 0 saturated heterocycles. The number of unbranched alkanes of at least 4 members (excludes halogenated alkanes) is 1. The summed E-state index contributed by atoms with van der Waals surface area (Å²) >= 11 is 0. The molecule has 0 aliphatic carbocycles. The number of hydrogen-bond acceptors (Lipinski definition) is 4. The molecule has 1 amide bonds. The van der Waals surface area contributed by atoms with Crippen LogP contribution < -0.4 is 10.9 Å². The molecule has 0 radical (unpaired) electrons. The van der Waals surface area contributed by atoms with Crippen molar-refractivity contribution in [1.29, 1.82) is 0 Å². The molecule has 1 aliphatic heterocycles. The van der Waals surface area contributed by atoms with E-state index in [0.29, 0.717) is 16.8 Å². The number of anilines is 1. The van der Waals surface area contributed by atoms with Gasteiger partial charge in [-0.2, -0.15) is 0 Å². The Morgan fingerprint density at radius 3 is 2.68 bits per heavy atom. The molecule has 130 valence electrons. The first-order valence-electron chi connectivity index (χ1n) is 8.25. The number of carbonyl (C=O) groups is 2. The Morgan fingerprint density at radius 2 is 1.96 bits per heavy atom. The van der Waals surface area contributed by atoms with Gasteiger partial charge in [-0.25, -0.2) is 9.18 Å². The van der Waals surface area contributed by atoms with Gasteiger partial charge in [0, 0.05) is 11.1 Å². The molecule has 2 N–H and O–H groups in total. The largest absolute Gasteiger partial charge is 0.454 e. The Labute approximate surface area is 145 Å². The van der Waals surface area contributed by atoms with Crippen LogP contribution in [0.25, 0.3) is 0 Å². The molecule has 6 heteroatoms. The average molecular weight is 342 g/mol. The van der Waals surface area contributed by atoms with Gasteiger partial charge in [-0.3, -0.25) is 15.6 Å². The van der Waals surface area contributed by atoms with Crippen LogP contribution in [0.4, 0.5) is 10.1 Å². The molecule has 0 bridgehead atoms. The van der Waals surface area contributed by atoms with Crippen LogP contribution in [-0.2, 0) is 4.74 Å². The Kier molecular flexibility index (Phi) is 4.97. The van der Waals surface area contributed by atoms with Crippen LogP contribution in [0, 0.1) is 5.82 Å². The second-order valence-corrected chi connectivity index (χ2v) is 5.92. The van der Waals surface area contributed by atoms with Crippen molar-refractivity contribution in [2.45, 2.75) is 32.3 Å². The third-order valence-electron chi connectivity index (χ3n) is 4.12. The van der Waals surface area contributed by atoms with Crippen molar-refractivity contribution < 1.29 is 18.7 Å². The summed E-state index contributed by atoms with van der Waals surface area (Å²) in [6.07, 6.45) is 2.56. The van der Waals surface area contributed by atoms with Gasteiger partial charge in [-0.1, -0.05) is 19.4 Å². The molecule has 1 heterocycles. The van der Waals surface area contributed by atoms with Crippen LogP contribution in [0.5, 0.6) is 0 Å². The quantitative estimate of drug-likeness (QED) is 0.615. The molecule has 3 rings (SSSR count). The molecule has 25 heavy (non-hydrogen) atoms. The summed E-state index contributed by atoms with van der Waals surface area (Å²) < 4.78 is 18.3. The maximum atomic E-state index is 12.9. The first kappa shape index (κ1) is 17.0. The highest BCUT2D eigenvalue weighted by atomic mass is 19.1. The molecule has 1 aliphatic rings. The third-order valence-corrected chi connectivity index (χ3v) is 4.12. The van der Waals surface area contributed by atoms with Gasteiger partial charge in [0.25, 0.3) is 5.91 Å². The van der Waals surface area contributed by atoms with Crippen LogP contribution in [0.1, 0.15) is 58.6 Å². The zero-order chi connectivity index (χ0) is 17.8. The van der Waals surface area contributed by atoms with E-state index in [4.69, 9.17) is 4.74 Å². The van der Waals surface area contributed by atoms with E-state index in [-0.39, 0.29) is 11.9 Å². The van der Waals surface area contributed by atoms with Gasteiger partial charge in [0.2, 0.25) is 0 Å². The SMILES string of the molecule is CCCCC1OC(=O)c2cc(C(=O)NNc3ccc(F)cc3)ccc21. The number of rotatable bonds is 6. The Balaban J connectivity index is 1.69. The summed E-state index contributed by atoms with van der Waals surface area (Å²) in [6, 6.07) is 10.6. The topological polar surface area (TPSA) is 67.4 Å². The first-order valence-corrected chi connectivity index (χ1v) is 8.25. The Bertz CT molecular complexity index is 790. The minimum atomic E-state index is -0.392. The van der Waals surface area contributed by atoms with E-state index in [0.717, 1.165) is 24.8 Å². The molecular formula is C19H19FN2O3. The number of nitrogens with one attached hydrogen (secondary N) is 2. The molecule has 5 nitrogen and oxygen atoms in total. The molecule has 0 saturated carbocycles. The van der Waals surface area contributed by atoms with Crippen molar-refractivity contribution in [3.05, 3.63) is 65.0 Å². The number of hydrazine groups is 1. The van der Waals surface area contributed by atoms with Gasteiger partial charge >= 0.3 is 5.97 Å². The zero-order valence-corrected chi connectivity index (χ0v) is 13.8. The summed E-state index contributed by atoms with van der Waals surface area (Å²) in [5, 5.41) is 0. The van der Waals surface area contributed by atoms with E-state index >= 15 is 0 Å². The lowest BCUT2D eigenvalue weighted by Crippen LogP contribution is -2.29. The lowest BCUT2D eigenvalue weighted by atomic mass is 9.99. The number of esters is 1. The van der Waals surface area contributed by atoms with E-state index in [2.05, 4.69) is 17.8 Å². The minimum Gasteiger partial charge on any atom is -0.454 e. The van der Waals surface area contributed by atoms with Gasteiger partial charge < -0.3 is 4.74 Å². The molecule has 2 aromatic carbocycles. The third kappa shape index (κ3) is 3.79. The number of ether oxygens (including phenoxy) is 1. The summed E-state index contributed by atoms with van der Waals surface area (Å²) in [5.74, 6) is -1.14. The van der Waals surface area contributed by atoms with Crippen LogP contribution >= 0.6 is 0 Å². The molecule has 1 unspecified atom stereocenters. The van der Waals surface area contributed by atoms with E-state index in [1.165, 1.54) is 24.3 Å². The fraction of sp³-hybridized carbons (Fsp3) is 0.263. The van der Waals surface area contributed by atoms with Crippen molar-refractivity contribution in [2.24, 2.45) is 0 Å². The normalized spacial score (nSPS) is 15.4. The molecular weight excluding hydrogens is 323 g/mol. The van der Waals surface area contributed by atoms with Crippen molar-refractivity contribution >= 4 is 17.6 Å². The molecule has 0 aromatic heterocycles. The number of halogens is 1. The van der Waals surface area contributed by atoms with Crippen molar-refractivity contribution in [2.75, 3.05) is 5.43 Å². The van der Waals surface area contributed by atoms with Gasteiger partial charge in [0.05, 0.1) is 11.3 Å². The highest BCUT2D eigenvalue weighted by Crippen LogP contribution is 2.34. The predicted octanol–water partition coefficient (Wildman–Crippen LogP) is 3.98. The first-order chi connectivity index (χ1) is 12.1. The number of benzene rings is 2. The molecule has 0 fully saturated rings. The molecule has 0 spiro atoms. The molecule has 2 aromatic rings. The number of fused-ring (bicyclic) bond motifs is 1. The number of carbonyl (C=O) groups excluding carboxylic acids is 2.